The number of hydrogen-bond acceptors (Lipinski definition) is 3. The summed E-state index contributed by atoms with van der Waals surface area (Å²) in [6.07, 6.45) is -10.6. The van der Waals surface area contributed by atoms with Gasteiger partial charge >= 0.3 is 12.4 Å². The summed E-state index contributed by atoms with van der Waals surface area (Å²) in [4.78, 5) is 39.2. The zero-order chi connectivity index (χ0) is 28.8. The molecule has 3 aromatic rings. The van der Waals surface area contributed by atoms with Gasteiger partial charge in [-0.2, -0.15) is 26.3 Å². The number of alkyl halides is 6. The van der Waals surface area contributed by atoms with Crippen molar-refractivity contribution in [3.63, 3.8) is 0 Å². The number of anilines is 2. The van der Waals surface area contributed by atoms with Crippen molar-refractivity contribution in [3.8, 4) is 0 Å². The van der Waals surface area contributed by atoms with Crippen LogP contribution in [-0.4, -0.2) is 17.7 Å². The Balaban J connectivity index is 1.64. The Morgan fingerprint density at radius 1 is 0.718 bits per heavy atom. The van der Waals surface area contributed by atoms with Crippen LogP contribution in [0.25, 0.3) is 0 Å². The third kappa shape index (κ3) is 8.06. The van der Waals surface area contributed by atoms with Crippen LogP contribution in [0.2, 0.25) is 0 Å². The molecule has 0 bridgehead atoms. The van der Waals surface area contributed by atoms with Crippen LogP contribution in [0.1, 0.15) is 41.3 Å². The Kier molecular flexibility index (Phi) is 9.00. The SMILES string of the molecule is CC(CC(=O)NNC(=O)c1cc(C(F)(F)F)cc(C(F)(F)F)c1)CC(=O)N(c1ccccc1)c1ccccc1. The highest BCUT2D eigenvalue weighted by Crippen LogP contribution is 2.36. The highest BCUT2D eigenvalue weighted by Gasteiger charge is 2.37. The van der Waals surface area contributed by atoms with Crippen LogP contribution in [-0.2, 0) is 21.9 Å². The predicted molar refractivity (Wildman–Crippen MR) is 130 cm³/mol. The van der Waals surface area contributed by atoms with Crippen molar-refractivity contribution >= 4 is 29.1 Å². The van der Waals surface area contributed by atoms with E-state index < -0.39 is 46.8 Å². The summed E-state index contributed by atoms with van der Waals surface area (Å²) in [7, 11) is 0. The standard InChI is InChI=1S/C27H23F6N3O3/c1-17(13-24(38)36(21-8-4-2-5-9-21)22-10-6-3-7-11-22)12-23(37)34-35-25(39)18-14-19(26(28,29)30)16-20(15-18)27(31,32)33/h2-11,14-17H,12-13H2,1H3,(H,34,37)(H,35,39). The van der Waals surface area contributed by atoms with Crippen LogP contribution in [0.15, 0.2) is 78.9 Å². The van der Waals surface area contributed by atoms with Crippen molar-refractivity contribution in [2.75, 3.05) is 4.90 Å². The zero-order valence-electron chi connectivity index (χ0n) is 20.4. The minimum atomic E-state index is -5.13. The topological polar surface area (TPSA) is 78.5 Å². The van der Waals surface area contributed by atoms with Gasteiger partial charge in [0.25, 0.3) is 5.91 Å². The quantitative estimate of drug-likeness (QED) is 0.269. The summed E-state index contributed by atoms with van der Waals surface area (Å²) in [5.41, 5.74) is 0.734. The van der Waals surface area contributed by atoms with Crippen molar-refractivity contribution in [2.24, 2.45) is 5.92 Å². The van der Waals surface area contributed by atoms with Gasteiger partial charge in [-0.1, -0.05) is 43.3 Å². The smallest absolute Gasteiger partial charge is 0.281 e. The number of carbonyl (C=O) groups excluding carboxylic acids is 3. The Hall–Kier alpha value is -4.35. The van der Waals surface area contributed by atoms with Gasteiger partial charge in [0.2, 0.25) is 11.8 Å². The van der Waals surface area contributed by atoms with E-state index in [1.807, 2.05) is 10.9 Å². The molecule has 0 radical (unpaired) electrons. The zero-order valence-corrected chi connectivity index (χ0v) is 20.4. The lowest BCUT2D eigenvalue weighted by molar-refractivity contribution is -0.143. The van der Waals surface area contributed by atoms with E-state index in [-0.39, 0.29) is 36.9 Å². The molecule has 12 heteroatoms. The van der Waals surface area contributed by atoms with E-state index in [0.29, 0.717) is 11.4 Å². The first-order chi connectivity index (χ1) is 18.3. The number of hydrazine groups is 1. The molecule has 0 fully saturated rings. The summed E-state index contributed by atoms with van der Waals surface area (Å²) < 4.78 is 78.2. The molecule has 3 amide bonds. The third-order valence-corrected chi connectivity index (χ3v) is 5.50. The summed E-state index contributed by atoms with van der Waals surface area (Å²) in [5, 5.41) is 0. The number of halogens is 6. The number of nitrogens with one attached hydrogen (secondary N) is 2. The van der Waals surface area contributed by atoms with Crippen LogP contribution in [0.5, 0.6) is 0 Å². The van der Waals surface area contributed by atoms with Crippen LogP contribution in [0.3, 0.4) is 0 Å². The number of para-hydroxylation sites is 2. The molecule has 2 N–H and O–H groups in total. The maximum Gasteiger partial charge on any atom is 0.416 e. The van der Waals surface area contributed by atoms with Crippen molar-refractivity contribution < 1.29 is 40.7 Å². The van der Waals surface area contributed by atoms with Crippen molar-refractivity contribution in [3.05, 3.63) is 95.6 Å². The van der Waals surface area contributed by atoms with Gasteiger partial charge in [0.05, 0.1) is 11.1 Å². The number of amides is 3. The van der Waals surface area contributed by atoms with E-state index >= 15 is 0 Å². The summed E-state index contributed by atoms with van der Waals surface area (Å²) >= 11 is 0. The summed E-state index contributed by atoms with van der Waals surface area (Å²) in [5.74, 6) is -3.02. The molecule has 1 atom stereocenters. The fourth-order valence-electron chi connectivity index (χ4n) is 3.70. The summed E-state index contributed by atoms with van der Waals surface area (Å²) in [6.45, 7) is 1.61. The van der Waals surface area contributed by atoms with E-state index in [1.54, 1.807) is 67.6 Å². The van der Waals surface area contributed by atoms with Gasteiger partial charge in [-0.25, -0.2) is 0 Å². The second-order valence-electron chi connectivity index (χ2n) is 8.71. The van der Waals surface area contributed by atoms with Gasteiger partial charge in [0, 0.05) is 29.8 Å². The molecule has 0 saturated carbocycles. The van der Waals surface area contributed by atoms with Gasteiger partial charge in [0.1, 0.15) is 0 Å². The van der Waals surface area contributed by atoms with Gasteiger partial charge in [-0.15, -0.1) is 0 Å². The fourth-order valence-corrected chi connectivity index (χ4v) is 3.70. The molecule has 0 spiro atoms. The largest absolute Gasteiger partial charge is 0.416 e. The maximum atomic E-state index is 13.2. The lowest BCUT2D eigenvalue weighted by Crippen LogP contribution is -2.42. The molecule has 0 aromatic heterocycles. The Labute approximate surface area is 219 Å². The molecular weight excluding hydrogens is 528 g/mol. The molecule has 0 aliphatic heterocycles. The minimum Gasteiger partial charge on any atom is -0.281 e. The first-order valence-electron chi connectivity index (χ1n) is 11.6. The average Bonchev–Trinajstić information content (AvgIpc) is 2.87. The van der Waals surface area contributed by atoms with Crippen molar-refractivity contribution in [2.45, 2.75) is 32.1 Å². The molecule has 0 aliphatic carbocycles. The monoisotopic (exact) mass is 551 g/mol. The Morgan fingerprint density at radius 3 is 1.62 bits per heavy atom. The average molecular weight is 551 g/mol. The lowest BCUT2D eigenvalue weighted by Gasteiger charge is -2.24. The molecule has 0 heterocycles. The molecule has 206 valence electrons. The van der Waals surface area contributed by atoms with Gasteiger partial charge < -0.3 is 0 Å². The highest BCUT2D eigenvalue weighted by atomic mass is 19.4. The molecule has 1 unspecified atom stereocenters. The number of nitrogens with zero attached hydrogens (tertiary/aromatic N) is 1. The molecule has 3 aromatic carbocycles. The second kappa shape index (κ2) is 12.0. The molecule has 0 saturated heterocycles. The first kappa shape index (κ1) is 29.2. The van der Waals surface area contributed by atoms with E-state index in [9.17, 15) is 40.7 Å². The number of rotatable bonds is 7. The Morgan fingerprint density at radius 2 is 1.18 bits per heavy atom. The van der Waals surface area contributed by atoms with Crippen LogP contribution >= 0.6 is 0 Å². The lowest BCUT2D eigenvalue weighted by atomic mass is 10.0. The van der Waals surface area contributed by atoms with Crippen molar-refractivity contribution in [1.29, 1.82) is 0 Å². The van der Waals surface area contributed by atoms with E-state index in [1.165, 1.54) is 4.90 Å². The number of carbonyl (C=O) groups is 3. The van der Waals surface area contributed by atoms with Gasteiger partial charge in [0.15, 0.2) is 0 Å². The van der Waals surface area contributed by atoms with Crippen LogP contribution in [0, 0.1) is 5.92 Å². The van der Waals surface area contributed by atoms with Crippen LogP contribution in [0.4, 0.5) is 37.7 Å². The molecule has 3 rings (SSSR count). The number of hydrogen-bond donors (Lipinski definition) is 2. The Bertz CT molecular complexity index is 1240. The maximum absolute atomic E-state index is 13.2. The van der Waals surface area contributed by atoms with Crippen LogP contribution < -0.4 is 15.8 Å². The fraction of sp³-hybridized carbons (Fsp3) is 0.222. The molecule has 0 aliphatic rings. The van der Waals surface area contributed by atoms with E-state index in [4.69, 9.17) is 0 Å². The highest BCUT2D eigenvalue weighted by molar-refractivity contribution is 6.01. The van der Waals surface area contributed by atoms with Gasteiger partial charge in [-0.3, -0.25) is 30.1 Å². The van der Waals surface area contributed by atoms with E-state index in [2.05, 4.69) is 0 Å². The minimum absolute atomic E-state index is 0.0757. The molecule has 6 nitrogen and oxygen atoms in total. The molecule has 39 heavy (non-hydrogen) atoms. The molecular formula is C27H23F6N3O3. The number of benzene rings is 3. The van der Waals surface area contributed by atoms with Gasteiger partial charge in [-0.05, 0) is 48.4 Å². The van der Waals surface area contributed by atoms with Crippen molar-refractivity contribution in [1.82, 2.24) is 10.9 Å². The third-order valence-electron chi connectivity index (χ3n) is 5.50. The van der Waals surface area contributed by atoms with E-state index in [0.717, 1.165) is 0 Å². The first-order valence-corrected chi connectivity index (χ1v) is 11.6. The summed E-state index contributed by atoms with van der Waals surface area (Å²) in [6, 6.07) is 18.0. The predicted octanol–water partition coefficient (Wildman–Crippen LogP) is 6.27. The second-order valence-corrected chi connectivity index (χ2v) is 8.71. The normalized spacial score (nSPS) is 12.4.